The molecule has 19 heavy (non-hydrogen) atoms. The molecule has 0 saturated carbocycles. The maximum Gasteiger partial charge on any atom is 0.294 e. The van der Waals surface area contributed by atoms with E-state index < -0.39 is 11.7 Å². The molecule has 2 rings (SSSR count). The van der Waals surface area contributed by atoms with Crippen LogP contribution < -0.4 is 5.32 Å². The van der Waals surface area contributed by atoms with Crippen LogP contribution in [0.15, 0.2) is 39.8 Å². The molecule has 1 aromatic heterocycles. The summed E-state index contributed by atoms with van der Waals surface area (Å²) in [7, 11) is 0. The predicted molar refractivity (Wildman–Crippen MR) is 67.5 cm³/mol. The monoisotopic (exact) mass is 284 g/mol. The molecular formula is C12H10F2N2O2S. The molecular weight excluding hydrogens is 274 g/mol. The molecule has 4 nitrogen and oxygen atoms in total. The Hall–Kier alpha value is -1.89. The van der Waals surface area contributed by atoms with E-state index in [2.05, 4.69) is 10.5 Å². The molecule has 0 fully saturated rings. The maximum absolute atomic E-state index is 12.4. The second kappa shape index (κ2) is 5.83. The Balaban J connectivity index is 2.16. The molecule has 0 bridgehead atoms. The molecule has 0 aliphatic carbocycles. The van der Waals surface area contributed by atoms with Crippen LogP contribution in [0, 0.1) is 6.92 Å². The molecule has 1 heterocycles. The molecule has 0 aliphatic heterocycles. The summed E-state index contributed by atoms with van der Waals surface area (Å²) in [6, 6.07) is 7.80. The standard InChI is InChI=1S/C12H10F2N2O2S/c1-7-6-9(18-16-7)11(17)15-8-4-2-3-5-10(8)19-12(13)14/h2-6,12H,1H3,(H,15,17). The Bertz CT molecular complexity index is 587. The van der Waals surface area contributed by atoms with Crippen LogP contribution in [-0.4, -0.2) is 16.8 Å². The SMILES string of the molecule is Cc1cc(C(=O)Nc2ccccc2SC(F)F)on1. The minimum absolute atomic E-state index is 0.0364. The summed E-state index contributed by atoms with van der Waals surface area (Å²) in [6.07, 6.45) is 0. The topological polar surface area (TPSA) is 55.1 Å². The number of thioether (sulfide) groups is 1. The number of amides is 1. The third kappa shape index (κ3) is 3.54. The summed E-state index contributed by atoms with van der Waals surface area (Å²) in [6.45, 7) is 1.68. The number of anilines is 1. The van der Waals surface area contributed by atoms with Gasteiger partial charge in [0.2, 0.25) is 5.76 Å². The quantitative estimate of drug-likeness (QED) is 0.872. The number of halogens is 2. The van der Waals surface area contributed by atoms with E-state index >= 15 is 0 Å². The molecule has 0 radical (unpaired) electrons. The Morgan fingerprint density at radius 2 is 2.16 bits per heavy atom. The van der Waals surface area contributed by atoms with Gasteiger partial charge in [-0.05, 0) is 19.1 Å². The van der Waals surface area contributed by atoms with E-state index in [0.717, 1.165) is 0 Å². The lowest BCUT2D eigenvalue weighted by Gasteiger charge is -2.08. The second-order valence-corrected chi connectivity index (χ2v) is 4.69. The van der Waals surface area contributed by atoms with E-state index in [1.54, 1.807) is 25.1 Å². The van der Waals surface area contributed by atoms with Crippen LogP contribution in [0.1, 0.15) is 16.2 Å². The van der Waals surface area contributed by atoms with Crippen molar-refractivity contribution in [1.82, 2.24) is 5.16 Å². The third-order valence-corrected chi connectivity index (χ3v) is 2.99. The molecule has 7 heteroatoms. The normalized spacial score (nSPS) is 10.7. The summed E-state index contributed by atoms with van der Waals surface area (Å²) in [5.74, 6) is -3.04. The highest BCUT2D eigenvalue weighted by atomic mass is 32.2. The number of para-hydroxylation sites is 1. The second-order valence-electron chi connectivity index (χ2n) is 3.66. The van der Waals surface area contributed by atoms with Crippen molar-refractivity contribution in [2.45, 2.75) is 17.6 Å². The largest absolute Gasteiger partial charge is 0.351 e. The van der Waals surface area contributed by atoms with Gasteiger partial charge >= 0.3 is 0 Å². The summed E-state index contributed by atoms with van der Waals surface area (Å²) < 4.78 is 29.6. The van der Waals surface area contributed by atoms with E-state index in [4.69, 9.17) is 4.52 Å². The van der Waals surface area contributed by atoms with Crippen molar-refractivity contribution in [3.63, 3.8) is 0 Å². The van der Waals surface area contributed by atoms with Gasteiger partial charge in [0.1, 0.15) is 0 Å². The number of carbonyl (C=O) groups is 1. The van der Waals surface area contributed by atoms with Gasteiger partial charge in [0, 0.05) is 11.0 Å². The van der Waals surface area contributed by atoms with Gasteiger partial charge in [0.05, 0.1) is 11.4 Å². The van der Waals surface area contributed by atoms with Gasteiger partial charge < -0.3 is 9.84 Å². The van der Waals surface area contributed by atoms with E-state index in [0.29, 0.717) is 28.0 Å². The molecule has 1 amide bonds. The lowest BCUT2D eigenvalue weighted by atomic mass is 10.3. The van der Waals surface area contributed by atoms with Gasteiger partial charge in [-0.15, -0.1) is 0 Å². The molecule has 100 valence electrons. The number of benzene rings is 1. The first-order valence-electron chi connectivity index (χ1n) is 5.35. The van der Waals surface area contributed by atoms with Crippen molar-refractivity contribution in [1.29, 1.82) is 0 Å². The Labute approximate surface area is 112 Å². The van der Waals surface area contributed by atoms with Crippen molar-refractivity contribution in [2.24, 2.45) is 0 Å². The zero-order valence-electron chi connectivity index (χ0n) is 9.89. The molecule has 0 unspecified atom stereocenters. The summed E-state index contributed by atoms with van der Waals surface area (Å²) in [4.78, 5) is 12.1. The number of hydrogen-bond acceptors (Lipinski definition) is 4. The van der Waals surface area contributed by atoms with E-state index in [-0.39, 0.29) is 5.76 Å². The van der Waals surface area contributed by atoms with E-state index in [1.807, 2.05) is 0 Å². The maximum atomic E-state index is 12.4. The first-order valence-corrected chi connectivity index (χ1v) is 6.23. The average Bonchev–Trinajstić information content (AvgIpc) is 2.78. The Morgan fingerprint density at radius 1 is 1.42 bits per heavy atom. The summed E-state index contributed by atoms with van der Waals surface area (Å²) >= 11 is 0.373. The minimum Gasteiger partial charge on any atom is -0.351 e. The zero-order chi connectivity index (χ0) is 13.8. The number of aryl methyl sites for hydroxylation is 1. The summed E-state index contributed by atoms with van der Waals surface area (Å²) in [5, 5.41) is 6.11. The fourth-order valence-corrected chi connectivity index (χ4v) is 2.02. The lowest BCUT2D eigenvalue weighted by molar-refractivity contribution is 0.0987. The number of carbonyl (C=O) groups excluding carboxylic acids is 1. The van der Waals surface area contributed by atoms with Crippen LogP contribution >= 0.6 is 11.8 Å². The van der Waals surface area contributed by atoms with Gasteiger partial charge in [-0.1, -0.05) is 29.1 Å². The van der Waals surface area contributed by atoms with Crippen molar-refractivity contribution in [3.05, 3.63) is 41.8 Å². The highest BCUT2D eigenvalue weighted by molar-refractivity contribution is 7.99. The number of nitrogens with zero attached hydrogens (tertiary/aromatic N) is 1. The smallest absolute Gasteiger partial charge is 0.294 e. The first-order chi connectivity index (χ1) is 9.06. The number of hydrogen-bond donors (Lipinski definition) is 1. The van der Waals surface area contributed by atoms with Crippen molar-refractivity contribution >= 4 is 23.4 Å². The van der Waals surface area contributed by atoms with Crippen molar-refractivity contribution in [3.8, 4) is 0 Å². The Kier molecular flexibility index (Phi) is 4.16. The van der Waals surface area contributed by atoms with Crippen LogP contribution in [0.2, 0.25) is 0 Å². The van der Waals surface area contributed by atoms with Crippen LogP contribution in [0.5, 0.6) is 0 Å². The van der Waals surface area contributed by atoms with Crippen molar-refractivity contribution < 1.29 is 18.1 Å². The molecule has 2 aromatic rings. The van der Waals surface area contributed by atoms with Gasteiger partial charge in [-0.2, -0.15) is 8.78 Å². The van der Waals surface area contributed by atoms with Gasteiger partial charge in [0.15, 0.2) is 0 Å². The number of nitrogens with one attached hydrogen (secondary N) is 1. The van der Waals surface area contributed by atoms with Crippen LogP contribution in [-0.2, 0) is 0 Å². The summed E-state index contributed by atoms with van der Waals surface area (Å²) in [5.41, 5.74) is 0.882. The Morgan fingerprint density at radius 3 is 2.79 bits per heavy atom. The van der Waals surface area contributed by atoms with E-state index in [9.17, 15) is 13.6 Å². The molecule has 1 N–H and O–H groups in total. The van der Waals surface area contributed by atoms with Crippen LogP contribution in [0.25, 0.3) is 0 Å². The molecule has 0 spiro atoms. The van der Waals surface area contributed by atoms with Gasteiger partial charge in [-0.3, -0.25) is 4.79 Å². The third-order valence-electron chi connectivity index (χ3n) is 2.20. The molecule has 0 aliphatic rings. The van der Waals surface area contributed by atoms with Gasteiger partial charge in [0.25, 0.3) is 11.7 Å². The molecule has 0 saturated heterocycles. The highest BCUT2D eigenvalue weighted by Crippen LogP contribution is 2.31. The molecule has 0 atom stereocenters. The fourth-order valence-electron chi connectivity index (χ4n) is 1.42. The average molecular weight is 284 g/mol. The predicted octanol–water partition coefficient (Wildman–Crippen LogP) is 3.55. The minimum atomic E-state index is -2.55. The van der Waals surface area contributed by atoms with Crippen molar-refractivity contribution in [2.75, 3.05) is 5.32 Å². The number of aromatic nitrogens is 1. The van der Waals surface area contributed by atoms with Crippen LogP contribution in [0.4, 0.5) is 14.5 Å². The highest BCUT2D eigenvalue weighted by Gasteiger charge is 2.15. The first kappa shape index (κ1) is 13.5. The van der Waals surface area contributed by atoms with Crippen LogP contribution in [0.3, 0.4) is 0 Å². The zero-order valence-corrected chi connectivity index (χ0v) is 10.7. The molecule has 1 aromatic carbocycles. The van der Waals surface area contributed by atoms with Gasteiger partial charge in [-0.25, -0.2) is 0 Å². The number of alkyl halides is 2. The fraction of sp³-hybridized carbons (Fsp3) is 0.167. The lowest BCUT2D eigenvalue weighted by Crippen LogP contribution is -2.11. The number of rotatable bonds is 4. The van der Waals surface area contributed by atoms with E-state index in [1.165, 1.54) is 12.1 Å².